The maximum atomic E-state index is 11.9. The molecule has 0 radical (unpaired) electrons. The Morgan fingerprint density at radius 3 is 2.72 bits per heavy atom. The predicted octanol–water partition coefficient (Wildman–Crippen LogP) is 0.907. The van der Waals surface area contributed by atoms with Crippen LogP contribution in [-0.2, 0) is 14.8 Å². The molecule has 6 heteroatoms. The highest BCUT2D eigenvalue weighted by Gasteiger charge is 2.48. The molecule has 104 valence electrons. The van der Waals surface area contributed by atoms with Gasteiger partial charge in [0.2, 0.25) is 15.9 Å². The zero-order valence-electron chi connectivity index (χ0n) is 10.9. The van der Waals surface area contributed by atoms with Crippen molar-refractivity contribution in [2.45, 2.75) is 63.5 Å². The van der Waals surface area contributed by atoms with Crippen molar-refractivity contribution in [1.29, 1.82) is 0 Å². The van der Waals surface area contributed by atoms with Gasteiger partial charge in [-0.1, -0.05) is 13.3 Å². The fourth-order valence-corrected chi connectivity index (χ4v) is 4.36. The second-order valence-electron chi connectivity index (χ2n) is 5.44. The molecule has 1 heterocycles. The van der Waals surface area contributed by atoms with Crippen molar-refractivity contribution >= 4 is 15.9 Å². The molecule has 1 aliphatic carbocycles. The number of nitrogens with one attached hydrogen (secondary N) is 2. The second-order valence-corrected chi connectivity index (χ2v) is 7.31. The van der Waals surface area contributed by atoms with Gasteiger partial charge in [0.25, 0.3) is 0 Å². The van der Waals surface area contributed by atoms with E-state index < -0.39 is 10.0 Å². The van der Waals surface area contributed by atoms with Crippen LogP contribution in [0.25, 0.3) is 0 Å². The number of carbonyl (C=O) groups excluding carboxylic acids is 1. The van der Waals surface area contributed by atoms with E-state index in [0.29, 0.717) is 19.3 Å². The molecule has 1 spiro atoms. The third-order valence-corrected chi connectivity index (χ3v) is 5.52. The van der Waals surface area contributed by atoms with Crippen LogP contribution in [-0.4, -0.2) is 31.7 Å². The molecule has 5 nitrogen and oxygen atoms in total. The summed E-state index contributed by atoms with van der Waals surface area (Å²) in [5.41, 5.74) is -0.297. The van der Waals surface area contributed by atoms with E-state index in [1.165, 1.54) is 0 Å². The Hall–Kier alpha value is -0.620. The monoisotopic (exact) mass is 274 g/mol. The van der Waals surface area contributed by atoms with Crippen LogP contribution in [0.4, 0.5) is 0 Å². The molecule has 18 heavy (non-hydrogen) atoms. The number of hydrogen-bond donors (Lipinski definition) is 2. The molecule has 2 N–H and O–H groups in total. The molecule has 0 aromatic heterocycles. The number of rotatable bonds is 5. The summed E-state index contributed by atoms with van der Waals surface area (Å²) in [6, 6.07) is -0.120. The van der Waals surface area contributed by atoms with E-state index in [0.717, 1.165) is 25.7 Å². The van der Waals surface area contributed by atoms with Gasteiger partial charge < -0.3 is 5.32 Å². The highest BCUT2D eigenvalue weighted by Crippen LogP contribution is 2.39. The van der Waals surface area contributed by atoms with Crippen LogP contribution in [0.5, 0.6) is 0 Å². The number of sulfonamides is 1. The summed E-state index contributed by atoms with van der Waals surface area (Å²) in [7, 11) is -3.21. The molecule has 2 fully saturated rings. The van der Waals surface area contributed by atoms with Crippen molar-refractivity contribution in [2.24, 2.45) is 0 Å². The van der Waals surface area contributed by atoms with Crippen molar-refractivity contribution in [2.75, 3.05) is 5.75 Å². The van der Waals surface area contributed by atoms with Crippen LogP contribution in [0, 0.1) is 0 Å². The van der Waals surface area contributed by atoms with Gasteiger partial charge in [-0.2, -0.15) is 0 Å². The normalized spacial score (nSPS) is 26.7. The molecule has 2 rings (SSSR count). The summed E-state index contributed by atoms with van der Waals surface area (Å²) in [6.07, 6.45) is 5.43. The van der Waals surface area contributed by atoms with Gasteiger partial charge >= 0.3 is 0 Å². The predicted molar refractivity (Wildman–Crippen MR) is 69.6 cm³/mol. The summed E-state index contributed by atoms with van der Waals surface area (Å²) in [4.78, 5) is 11.5. The topological polar surface area (TPSA) is 75.3 Å². The van der Waals surface area contributed by atoms with E-state index in [1.54, 1.807) is 0 Å². The Kier molecular flexibility index (Phi) is 3.96. The van der Waals surface area contributed by atoms with Gasteiger partial charge in [0, 0.05) is 12.5 Å². The molecule has 2 aliphatic rings. The van der Waals surface area contributed by atoms with Crippen molar-refractivity contribution in [3.63, 3.8) is 0 Å². The molecule has 1 amide bonds. The Labute approximate surface area is 109 Å². The molecule has 0 aromatic carbocycles. The van der Waals surface area contributed by atoms with Gasteiger partial charge in [-0.25, -0.2) is 13.1 Å². The average molecular weight is 274 g/mol. The zero-order chi connectivity index (χ0) is 13.2. The summed E-state index contributed by atoms with van der Waals surface area (Å²) in [5.74, 6) is 0.239. The third-order valence-electron chi connectivity index (χ3n) is 4.05. The van der Waals surface area contributed by atoms with E-state index in [2.05, 4.69) is 10.0 Å². The minimum absolute atomic E-state index is 0.0544. The number of hydrogen-bond acceptors (Lipinski definition) is 3. The minimum Gasteiger partial charge on any atom is -0.349 e. The second kappa shape index (κ2) is 5.17. The maximum absolute atomic E-state index is 11.9. The standard InChI is InChI=1S/C12H22N2O3S/c1-2-3-9-18(16,17)14-10-5-6-11(15)13-12(10)7-4-8-12/h10,14H,2-9H2,1H3,(H,13,15). The molecular weight excluding hydrogens is 252 g/mol. The lowest BCUT2D eigenvalue weighted by Crippen LogP contribution is -2.68. The molecule has 1 atom stereocenters. The summed E-state index contributed by atoms with van der Waals surface area (Å²) in [6.45, 7) is 1.98. The lowest BCUT2D eigenvalue weighted by molar-refractivity contribution is -0.127. The van der Waals surface area contributed by atoms with E-state index in [9.17, 15) is 13.2 Å². The first kappa shape index (κ1) is 13.8. The number of amides is 1. The van der Waals surface area contributed by atoms with Crippen molar-refractivity contribution in [1.82, 2.24) is 10.0 Å². The lowest BCUT2D eigenvalue weighted by Gasteiger charge is -2.50. The maximum Gasteiger partial charge on any atom is 0.220 e. The Morgan fingerprint density at radius 2 is 2.17 bits per heavy atom. The van der Waals surface area contributed by atoms with Crippen molar-refractivity contribution < 1.29 is 13.2 Å². The minimum atomic E-state index is -3.21. The van der Waals surface area contributed by atoms with Gasteiger partial charge in [0.05, 0.1) is 11.3 Å². The smallest absolute Gasteiger partial charge is 0.220 e. The largest absolute Gasteiger partial charge is 0.349 e. The molecule has 1 unspecified atom stereocenters. The Morgan fingerprint density at radius 1 is 1.44 bits per heavy atom. The Balaban J connectivity index is 2.01. The van der Waals surface area contributed by atoms with Crippen LogP contribution in [0.15, 0.2) is 0 Å². The fourth-order valence-electron chi connectivity index (χ4n) is 2.79. The van der Waals surface area contributed by atoms with Crippen molar-refractivity contribution in [3.8, 4) is 0 Å². The van der Waals surface area contributed by atoms with E-state index in [4.69, 9.17) is 0 Å². The first-order valence-corrected chi connectivity index (χ1v) is 8.44. The van der Waals surface area contributed by atoms with Gasteiger partial charge in [0.15, 0.2) is 0 Å². The summed E-state index contributed by atoms with van der Waals surface area (Å²) < 4.78 is 26.7. The molecule has 1 aliphatic heterocycles. The summed E-state index contributed by atoms with van der Waals surface area (Å²) in [5, 5.41) is 2.99. The van der Waals surface area contributed by atoms with Crippen LogP contribution in [0.3, 0.4) is 0 Å². The number of carbonyl (C=O) groups is 1. The SMILES string of the molecule is CCCCS(=O)(=O)NC1CCC(=O)NC12CCC2. The van der Waals surface area contributed by atoms with Crippen LogP contribution < -0.4 is 10.0 Å². The van der Waals surface area contributed by atoms with Gasteiger partial charge in [-0.15, -0.1) is 0 Å². The zero-order valence-corrected chi connectivity index (χ0v) is 11.7. The molecule has 1 saturated carbocycles. The Bertz CT molecular complexity index is 415. The van der Waals surface area contributed by atoms with Gasteiger partial charge in [0.1, 0.15) is 0 Å². The van der Waals surface area contributed by atoms with Gasteiger partial charge in [-0.05, 0) is 32.1 Å². The lowest BCUT2D eigenvalue weighted by atomic mass is 9.68. The highest BCUT2D eigenvalue weighted by molar-refractivity contribution is 7.89. The van der Waals surface area contributed by atoms with Crippen LogP contribution >= 0.6 is 0 Å². The molecule has 1 saturated heterocycles. The first-order valence-electron chi connectivity index (χ1n) is 6.78. The number of unbranched alkanes of at least 4 members (excludes halogenated alkanes) is 1. The van der Waals surface area contributed by atoms with Crippen LogP contribution in [0.2, 0.25) is 0 Å². The third kappa shape index (κ3) is 2.85. The van der Waals surface area contributed by atoms with E-state index in [-0.39, 0.29) is 23.2 Å². The number of piperidine rings is 1. The average Bonchev–Trinajstić information content (AvgIpc) is 2.26. The summed E-state index contributed by atoms with van der Waals surface area (Å²) >= 11 is 0. The fraction of sp³-hybridized carbons (Fsp3) is 0.917. The molecular formula is C12H22N2O3S. The van der Waals surface area contributed by atoms with E-state index >= 15 is 0 Å². The van der Waals surface area contributed by atoms with Crippen molar-refractivity contribution in [3.05, 3.63) is 0 Å². The van der Waals surface area contributed by atoms with Crippen LogP contribution in [0.1, 0.15) is 51.9 Å². The van der Waals surface area contributed by atoms with Gasteiger partial charge in [-0.3, -0.25) is 4.79 Å². The van der Waals surface area contributed by atoms with E-state index in [1.807, 2.05) is 6.92 Å². The molecule has 0 aromatic rings. The first-order chi connectivity index (χ1) is 8.47. The quantitative estimate of drug-likeness (QED) is 0.782. The molecule has 0 bridgehead atoms. The highest BCUT2D eigenvalue weighted by atomic mass is 32.2.